The van der Waals surface area contributed by atoms with Crippen molar-refractivity contribution in [2.45, 2.75) is 44.6 Å². The van der Waals surface area contributed by atoms with E-state index in [4.69, 9.17) is 5.11 Å². The van der Waals surface area contributed by atoms with E-state index in [2.05, 4.69) is 4.90 Å². The van der Waals surface area contributed by atoms with Gasteiger partial charge in [0.1, 0.15) is 0 Å². The summed E-state index contributed by atoms with van der Waals surface area (Å²) in [4.78, 5) is 13.4. The Morgan fingerprint density at radius 1 is 1.18 bits per heavy atom. The number of nitrogens with zero attached hydrogens (tertiary/aromatic N) is 1. The molecule has 0 bridgehead atoms. The van der Waals surface area contributed by atoms with Gasteiger partial charge in [0.25, 0.3) is 0 Å². The van der Waals surface area contributed by atoms with Crippen molar-refractivity contribution in [3.63, 3.8) is 0 Å². The molecule has 1 aliphatic carbocycles. The van der Waals surface area contributed by atoms with Crippen LogP contribution in [0.25, 0.3) is 0 Å². The van der Waals surface area contributed by atoms with Crippen LogP contribution < -0.4 is 0 Å². The quantitative estimate of drug-likeness (QED) is 0.782. The SMILES string of the molecule is O=C(O)C1CCC(N2CCC[C@@H](CO)C2)CC1. The molecule has 0 aromatic heterocycles. The summed E-state index contributed by atoms with van der Waals surface area (Å²) in [6, 6.07) is 0.556. The number of hydrogen-bond donors (Lipinski definition) is 2. The van der Waals surface area contributed by atoms with E-state index in [0.717, 1.165) is 45.2 Å². The van der Waals surface area contributed by atoms with Crippen molar-refractivity contribution in [2.75, 3.05) is 19.7 Å². The molecule has 2 aliphatic rings. The summed E-state index contributed by atoms with van der Waals surface area (Å²) in [5.74, 6) is -0.319. The zero-order chi connectivity index (χ0) is 12.3. The molecule has 0 unspecified atom stereocenters. The van der Waals surface area contributed by atoms with Crippen LogP contribution in [0.1, 0.15) is 38.5 Å². The molecule has 2 N–H and O–H groups in total. The second-order valence-corrected chi connectivity index (χ2v) is 5.53. The van der Waals surface area contributed by atoms with Gasteiger partial charge in [-0.15, -0.1) is 0 Å². The average Bonchev–Trinajstić information content (AvgIpc) is 2.39. The molecule has 1 aliphatic heterocycles. The third kappa shape index (κ3) is 3.19. The number of aliphatic hydroxyl groups excluding tert-OH is 1. The van der Waals surface area contributed by atoms with Gasteiger partial charge in [-0.25, -0.2) is 0 Å². The molecule has 1 saturated carbocycles. The van der Waals surface area contributed by atoms with Crippen LogP contribution in [-0.4, -0.2) is 46.8 Å². The van der Waals surface area contributed by atoms with Crippen molar-refractivity contribution >= 4 is 5.97 Å². The average molecular weight is 241 g/mol. The van der Waals surface area contributed by atoms with Gasteiger partial charge in [-0.2, -0.15) is 0 Å². The minimum Gasteiger partial charge on any atom is -0.481 e. The summed E-state index contributed by atoms with van der Waals surface area (Å²) in [5.41, 5.74) is 0. The summed E-state index contributed by atoms with van der Waals surface area (Å²) < 4.78 is 0. The molecule has 0 aromatic carbocycles. The first-order valence-corrected chi connectivity index (χ1v) is 6.78. The Morgan fingerprint density at radius 2 is 1.88 bits per heavy atom. The predicted molar refractivity (Wildman–Crippen MR) is 64.8 cm³/mol. The van der Waals surface area contributed by atoms with E-state index >= 15 is 0 Å². The van der Waals surface area contributed by atoms with Crippen LogP contribution in [0.3, 0.4) is 0 Å². The van der Waals surface area contributed by atoms with E-state index in [1.165, 1.54) is 6.42 Å². The first-order chi connectivity index (χ1) is 8.20. The second kappa shape index (κ2) is 5.83. The van der Waals surface area contributed by atoms with Gasteiger partial charge in [-0.05, 0) is 51.0 Å². The van der Waals surface area contributed by atoms with Gasteiger partial charge in [-0.3, -0.25) is 4.79 Å². The molecule has 1 atom stereocenters. The highest BCUT2D eigenvalue weighted by molar-refractivity contribution is 5.70. The number of carboxylic acids is 1. The minimum atomic E-state index is -0.629. The summed E-state index contributed by atoms with van der Waals surface area (Å²) in [7, 11) is 0. The van der Waals surface area contributed by atoms with Crippen molar-refractivity contribution in [3.8, 4) is 0 Å². The van der Waals surface area contributed by atoms with Gasteiger partial charge in [-0.1, -0.05) is 0 Å². The highest BCUT2D eigenvalue weighted by atomic mass is 16.4. The smallest absolute Gasteiger partial charge is 0.306 e. The minimum absolute atomic E-state index is 0.121. The van der Waals surface area contributed by atoms with E-state index in [1.807, 2.05) is 0 Å². The van der Waals surface area contributed by atoms with Crippen LogP contribution in [0.5, 0.6) is 0 Å². The summed E-state index contributed by atoms with van der Waals surface area (Å²) in [6.07, 6.45) is 5.96. The predicted octanol–water partition coefficient (Wildman–Crippen LogP) is 1.33. The molecule has 17 heavy (non-hydrogen) atoms. The Kier molecular flexibility index (Phi) is 4.40. The monoisotopic (exact) mass is 241 g/mol. The fourth-order valence-corrected chi connectivity index (χ4v) is 3.27. The topological polar surface area (TPSA) is 60.8 Å². The molecule has 0 radical (unpaired) electrons. The number of carboxylic acid groups (broad SMARTS) is 1. The van der Waals surface area contributed by atoms with Crippen LogP contribution in [0.15, 0.2) is 0 Å². The molecule has 2 fully saturated rings. The van der Waals surface area contributed by atoms with E-state index in [9.17, 15) is 9.90 Å². The van der Waals surface area contributed by atoms with E-state index in [-0.39, 0.29) is 5.92 Å². The number of piperidine rings is 1. The molecule has 4 nitrogen and oxygen atoms in total. The molecular weight excluding hydrogens is 218 g/mol. The molecule has 2 rings (SSSR count). The third-order valence-electron chi connectivity index (χ3n) is 4.37. The Labute approximate surface area is 103 Å². The van der Waals surface area contributed by atoms with Crippen molar-refractivity contribution in [1.29, 1.82) is 0 Å². The lowest BCUT2D eigenvalue weighted by Gasteiger charge is -2.40. The molecule has 0 aromatic rings. The maximum absolute atomic E-state index is 10.9. The summed E-state index contributed by atoms with van der Waals surface area (Å²) in [5, 5.41) is 18.2. The van der Waals surface area contributed by atoms with Gasteiger partial charge in [0.15, 0.2) is 0 Å². The number of likely N-dealkylation sites (tertiary alicyclic amines) is 1. The zero-order valence-electron chi connectivity index (χ0n) is 10.3. The van der Waals surface area contributed by atoms with Crippen molar-refractivity contribution in [3.05, 3.63) is 0 Å². The lowest BCUT2D eigenvalue weighted by molar-refractivity contribution is -0.143. The Morgan fingerprint density at radius 3 is 2.47 bits per heavy atom. The lowest BCUT2D eigenvalue weighted by Crippen LogP contribution is -2.45. The van der Waals surface area contributed by atoms with Crippen molar-refractivity contribution < 1.29 is 15.0 Å². The van der Waals surface area contributed by atoms with Crippen molar-refractivity contribution in [1.82, 2.24) is 4.90 Å². The molecule has 0 spiro atoms. The Hall–Kier alpha value is -0.610. The molecular formula is C13H23NO3. The fourth-order valence-electron chi connectivity index (χ4n) is 3.27. The maximum atomic E-state index is 10.9. The number of aliphatic carboxylic acids is 1. The summed E-state index contributed by atoms with van der Waals surface area (Å²) in [6.45, 7) is 2.42. The first kappa shape index (κ1) is 12.8. The number of aliphatic hydroxyl groups is 1. The Bertz CT molecular complexity index is 261. The largest absolute Gasteiger partial charge is 0.481 e. The molecule has 4 heteroatoms. The van der Waals surface area contributed by atoms with Crippen LogP contribution in [0.4, 0.5) is 0 Å². The van der Waals surface area contributed by atoms with E-state index in [0.29, 0.717) is 18.6 Å². The molecule has 1 saturated heterocycles. The van der Waals surface area contributed by atoms with Gasteiger partial charge in [0.2, 0.25) is 0 Å². The number of carbonyl (C=O) groups is 1. The van der Waals surface area contributed by atoms with Crippen LogP contribution >= 0.6 is 0 Å². The fraction of sp³-hybridized carbons (Fsp3) is 0.923. The van der Waals surface area contributed by atoms with Gasteiger partial charge < -0.3 is 15.1 Å². The highest BCUT2D eigenvalue weighted by Crippen LogP contribution is 2.30. The van der Waals surface area contributed by atoms with Crippen LogP contribution in [0.2, 0.25) is 0 Å². The zero-order valence-corrected chi connectivity index (χ0v) is 10.3. The van der Waals surface area contributed by atoms with Crippen LogP contribution in [-0.2, 0) is 4.79 Å². The first-order valence-electron chi connectivity index (χ1n) is 6.78. The van der Waals surface area contributed by atoms with Crippen molar-refractivity contribution in [2.24, 2.45) is 11.8 Å². The lowest BCUT2D eigenvalue weighted by atomic mass is 9.84. The third-order valence-corrected chi connectivity index (χ3v) is 4.37. The number of rotatable bonds is 3. The maximum Gasteiger partial charge on any atom is 0.306 e. The molecule has 1 heterocycles. The molecule has 0 amide bonds. The van der Waals surface area contributed by atoms with Gasteiger partial charge in [0, 0.05) is 19.2 Å². The highest BCUT2D eigenvalue weighted by Gasteiger charge is 2.31. The Balaban J connectivity index is 1.81. The van der Waals surface area contributed by atoms with E-state index in [1.54, 1.807) is 0 Å². The van der Waals surface area contributed by atoms with Crippen LogP contribution in [0, 0.1) is 11.8 Å². The van der Waals surface area contributed by atoms with E-state index < -0.39 is 5.97 Å². The standard InChI is InChI=1S/C13H23NO3/c15-9-10-2-1-7-14(8-10)12-5-3-11(4-6-12)13(16)17/h10-12,15H,1-9H2,(H,16,17)/t10-,11?,12?/m1/s1. The second-order valence-electron chi connectivity index (χ2n) is 5.53. The van der Waals surface area contributed by atoms with Gasteiger partial charge >= 0.3 is 5.97 Å². The van der Waals surface area contributed by atoms with Gasteiger partial charge in [0.05, 0.1) is 5.92 Å². The normalized spacial score (nSPS) is 35.7. The summed E-state index contributed by atoms with van der Waals surface area (Å²) >= 11 is 0. The number of hydrogen-bond acceptors (Lipinski definition) is 3. The molecule has 98 valence electrons.